The number of carbonyl (C=O) groups excluding carboxylic acids is 1. The van der Waals surface area contributed by atoms with Crippen LogP contribution in [0.15, 0.2) is 59.5 Å². The van der Waals surface area contributed by atoms with Crippen LogP contribution in [0.2, 0.25) is 0 Å². The smallest absolute Gasteiger partial charge is 0.238 e. The van der Waals surface area contributed by atoms with Crippen molar-refractivity contribution in [1.29, 1.82) is 0 Å². The summed E-state index contributed by atoms with van der Waals surface area (Å²) in [5.41, 5.74) is 2.01. The first-order valence-electron chi connectivity index (χ1n) is 7.61. The molecule has 1 amide bonds. The van der Waals surface area contributed by atoms with Gasteiger partial charge in [0.1, 0.15) is 6.04 Å². The lowest BCUT2D eigenvalue weighted by molar-refractivity contribution is -0.121. The molecule has 2 unspecified atom stereocenters. The van der Waals surface area contributed by atoms with Gasteiger partial charge in [0, 0.05) is 19.6 Å². The highest BCUT2D eigenvalue weighted by molar-refractivity contribution is 7.89. The third-order valence-electron chi connectivity index (χ3n) is 3.96. The zero-order valence-corrected chi connectivity index (χ0v) is 13.9. The molecule has 0 aliphatic carbocycles. The van der Waals surface area contributed by atoms with E-state index in [4.69, 9.17) is 5.14 Å². The quantitative estimate of drug-likeness (QED) is 0.759. The Labute approximate surface area is 141 Å². The first-order chi connectivity index (χ1) is 11.4. The normalized spacial score (nSPS) is 19.7. The van der Waals surface area contributed by atoms with Crippen molar-refractivity contribution in [2.45, 2.75) is 24.0 Å². The predicted molar refractivity (Wildman–Crippen MR) is 90.3 cm³/mol. The Balaban J connectivity index is 1.48. The highest BCUT2D eigenvalue weighted by atomic mass is 32.2. The molecular formula is C17H19N3O3S. The second-order valence-corrected chi connectivity index (χ2v) is 7.40. The van der Waals surface area contributed by atoms with Crippen molar-refractivity contribution in [2.24, 2.45) is 5.14 Å². The van der Waals surface area contributed by atoms with Crippen molar-refractivity contribution in [3.05, 3.63) is 65.7 Å². The molecule has 1 fully saturated rings. The molecule has 2 aromatic rings. The zero-order chi connectivity index (χ0) is 17.2. The van der Waals surface area contributed by atoms with E-state index < -0.39 is 10.0 Å². The Morgan fingerprint density at radius 1 is 1.08 bits per heavy atom. The fourth-order valence-electron chi connectivity index (χ4n) is 2.52. The number of primary sulfonamides is 1. The van der Waals surface area contributed by atoms with Crippen LogP contribution in [-0.4, -0.2) is 31.8 Å². The fraction of sp³-hybridized carbons (Fsp3) is 0.235. The van der Waals surface area contributed by atoms with Gasteiger partial charge in [-0.3, -0.25) is 9.69 Å². The summed E-state index contributed by atoms with van der Waals surface area (Å²) >= 11 is 0. The number of rotatable bonds is 6. The Morgan fingerprint density at radius 3 is 2.38 bits per heavy atom. The van der Waals surface area contributed by atoms with Gasteiger partial charge in [0.05, 0.1) is 4.90 Å². The molecular weight excluding hydrogens is 326 g/mol. The molecule has 0 bridgehead atoms. The van der Waals surface area contributed by atoms with Gasteiger partial charge >= 0.3 is 0 Å². The number of hydrogen-bond donors (Lipinski definition) is 2. The lowest BCUT2D eigenvalue weighted by Crippen LogP contribution is -2.29. The third-order valence-corrected chi connectivity index (χ3v) is 4.89. The number of amides is 1. The van der Waals surface area contributed by atoms with Gasteiger partial charge in [-0.05, 0) is 23.3 Å². The van der Waals surface area contributed by atoms with E-state index in [2.05, 4.69) is 10.2 Å². The van der Waals surface area contributed by atoms with Crippen molar-refractivity contribution < 1.29 is 13.2 Å². The van der Waals surface area contributed by atoms with E-state index in [1.165, 1.54) is 17.7 Å². The van der Waals surface area contributed by atoms with E-state index >= 15 is 0 Å². The van der Waals surface area contributed by atoms with Gasteiger partial charge in [0.2, 0.25) is 15.9 Å². The van der Waals surface area contributed by atoms with Crippen molar-refractivity contribution in [1.82, 2.24) is 10.2 Å². The number of nitrogens with two attached hydrogens (primary N) is 1. The zero-order valence-electron chi connectivity index (χ0n) is 13.1. The predicted octanol–water partition coefficient (Wildman–Crippen LogP) is 0.835. The van der Waals surface area contributed by atoms with Gasteiger partial charge < -0.3 is 5.32 Å². The summed E-state index contributed by atoms with van der Waals surface area (Å²) in [6.07, 6.45) is 0. The summed E-state index contributed by atoms with van der Waals surface area (Å²) in [7, 11) is -3.69. The summed E-state index contributed by atoms with van der Waals surface area (Å²) in [6, 6.07) is 16.1. The minimum atomic E-state index is -3.69. The summed E-state index contributed by atoms with van der Waals surface area (Å²) in [4.78, 5) is 14.3. The van der Waals surface area contributed by atoms with Crippen molar-refractivity contribution in [2.75, 3.05) is 6.54 Å². The lowest BCUT2D eigenvalue weighted by Gasteiger charge is -2.07. The molecule has 24 heavy (non-hydrogen) atoms. The van der Waals surface area contributed by atoms with E-state index in [0.717, 1.165) is 18.7 Å². The Hall–Kier alpha value is -2.22. The number of benzene rings is 2. The Bertz CT molecular complexity index is 820. The molecule has 1 heterocycles. The molecule has 1 saturated heterocycles. The first kappa shape index (κ1) is 16.6. The highest BCUT2D eigenvalue weighted by Gasteiger charge is 2.39. The molecule has 126 valence electrons. The van der Waals surface area contributed by atoms with Crippen LogP contribution in [-0.2, 0) is 27.9 Å². The maximum atomic E-state index is 12.1. The van der Waals surface area contributed by atoms with E-state index in [-0.39, 0.29) is 16.8 Å². The molecule has 1 aliphatic rings. The van der Waals surface area contributed by atoms with Crippen LogP contribution in [0.1, 0.15) is 11.1 Å². The third kappa shape index (κ3) is 4.19. The monoisotopic (exact) mass is 345 g/mol. The standard InChI is InChI=1S/C17H19N3O3S/c18-24(22,23)15-8-6-13(7-9-15)10-19-17(21)16-12-20(16)11-14-4-2-1-3-5-14/h1-9,16H,10-12H2,(H,19,21)(H2,18,22,23). The first-order valence-corrected chi connectivity index (χ1v) is 9.15. The second-order valence-electron chi connectivity index (χ2n) is 5.84. The number of nitrogens with zero attached hydrogens (tertiary/aromatic N) is 1. The maximum Gasteiger partial charge on any atom is 0.238 e. The van der Waals surface area contributed by atoms with Crippen LogP contribution in [0.4, 0.5) is 0 Å². The molecule has 0 saturated carbocycles. The van der Waals surface area contributed by atoms with Gasteiger partial charge in [-0.1, -0.05) is 42.5 Å². The van der Waals surface area contributed by atoms with E-state index in [1.54, 1.807) is 12.1 Å². The molecule has 2 aromatic carbocycles. The molecule has 1 aliphatic heterocycles. The van der Waals surface area contributed by atoms with E-state index in [0.29, 0.717) is 6.54 Å². The topological polar surface area (TPSA) is 92.3 Å². The average molecular weight is 345 g/mol. The van der Waals surface area contributed by atoms with E-state index in [9.17, 15) is 13.2 Å². The lowest BCUT2D eigenvalue weighted by atomic mass is 10.2. The van der Waals surface area contributed by atoms with Crippen LogP contribution in [0.3, 0.4) is 0 Å². The Morgan fingerprint density at radius 2 is 1.75 bits per heavy atom. The van der Waals surface area contributed by atoms with Gasteiger partial charge in [-0.2, -0.15) is 0 Å². The maximum absolute atomic E-state index is 12.1. The number of hydrogen-bond acceptors (Lipinski definition) is 4. The van der Waals surface area contributed by atoms with E-state index in [1.807, 2.05) is 30.3 Å². The molecule has 0 spiro atoms. The fourth-order valence-corrected chi connectivity index (χ4v) is 3.04. The largest absolute Gasteiger partial charge is 0.351 e. The average Bonchev–Trinajstić information content (AvgIpc) is 3.32. The molecule has 3 rings (SSSR count). The van der Waals surface area contributed by atoms with Gasteiger partial charge in [0.25, 0.3) is 0 Å². The van der Waals surface area contributed by atoms with Crippen LogP contribution in [0.25, 0.3) is 0 Å². The van der Waals surface area contributed by atoms with Crippen LogP contribution in [0, 0.1) is 0 Å². The van der Waals surface area contributed by atoms with Gasteiger partial charge in [0.15, 0.2) is 0 Å². The summed E-state index contributed by atoms with van der Waals surface area (Å²) in [5.74, 6) is -0.0125. The molecule has 0 radical (unpaired) electrons. The van der Waals surface area contributed by atoms with Crippen molar-refractivity contribution in [3.63, 3.8) is 0 Å². The summed E-state index contributed by atoms with van der Waals surface area (Å²) < 4.78 is 22.4. The molecule has 0 aromatic heterocycles. The number of nitrogens with one attached hydrogen (secondary N) is 1. The molecule has 2 atom stereocenters. The molecule has 6 nitrogen and oxygen atoms in total. The molecule has 7 heteroatoms. The molecule has 3 N–H and O–H groups in total. The summed E-state index contributed by atoms with van der Waals surface area (Å²) in [5, 5.41) is 7.93. The second kappa shape index (κ2) is 6.72. The van der Waals surface area contributed by atoms with Crippen LogP contribution >= 0.6 is 0 Å². The number of sulfonamides is 1. The van der Waals surface area contributed by atoms with Crippen LogP contribution < -0.4 is 10.5 Å². The minimum Gasteiger partial charge on any atom is -0.351 e. The SMILES string of the molecule is NS(=O)(=O)c1ccc(CNC(=O)C2CN2Cc2ccccc2)cc1. The number of carbonyl (C=O) groups is 1. The van der Waals surface area contributed by atoms with Crippen molar-refractivity contribution in [3.8, 4) is 0 Å². The van der Waals surface area contributed by atoms with Crippen LogP contribution in [0.5, 0.6) is 0 Å². The minimum absolute atomic E-state index is 0.0125. The Kier molecular flexibility index (Phi) is 4.66. The van der Waals surface area contributed by atoms with Gasteiger partial charge in [-0.15, -0.1) is 0 Å². The van der Waals surface area contributed by atoms with Gasteiger partial charge in [-0.25, -0.2) is 13.6 Å². The van der Waals surface area contributed by atoms with Crippen molar-refractivity contribution >= 4 is 15.9 Å². The highest BCUT2D eigenvalue weighted by Crippen LogP contribution is 2.21. The summed E-state index contributed by atoms with van der Waals surface area (Å²) in [6.45, 7) is 1.88.